The number of aliphatic hydroxyl groups excluding tert-OH is 1. The highest BCUT2D eigenvalue weighted by Crippen LogP contribution is 2.51. The summed E-state index contributed by atoms with van der Waals surface area (Å²) in [5, 5.41) is 14.6. The first-order valence-electron chi connectivity index (χ1n) is 7.27. The average Bonchev–Trinajstić information content (AvgIpc) is 3.04. The molecule has 4 unspecified atom stereocenters. The highest BCUT2D eigenvalue weighted by atomic mass is 32.1. The minimum Gasteiger partial charge on any atom is -0.387 e. The molecule has 2 bridgehead atoms. The molecule has 3 nitrogen and oxygen atoms in total. The number of aliphatic hydroxyl groups is 1. The fourth-order valence-corrected chi connectivity index (χ4v) is 4.63. The number of rotatable bonds is 5. The molecule has 1 aromatic rings. The van der Waals surface area contributed by atoms with Crippen LogP contribution in [-0.2, 0) is 6.42 Å². The van der Waals surface area contributed by atoms with Crippen molar-refractivity contribution >= 4 is 11.5 Å². The Morgan fingerprint density at radius 2 is 2.28 bits per heavy atom. The topological polar surface area (TPSA) is 46.0 Å². The number of hydrogen-bond acceptors (Lipinski definition) is 4. The molecule has 0 radical (unpaired) electrons. The maximum atomic E-state index is 10.4. The van der Waals surface area contributed by atoms with Gasteiger partial charge in [0, 0.05) is 0 Å². The SMILES string of the molecule is CCCc1nnsc1C(O)CC1CC2CCC1C2. The number of aryl methyl sites for hydroxylation is 1. The van der Waals surface area contributed by atoms with E-state index in [9.17, 15) is 5.11 Å². The molecule has 1 aromatic heterocycles. The van der Waals surface area contributed by atoms with Crippen molar-refractivity contribution in [3.63, 3.8) is 0 Å². The molecule has 100 valence electrons. The Labute approximate surface area is 113 Å². The van der Waals surface area contributed by atoms with Crippen molar-refractivity contribution in [3.05, 3.63) is 10.6 Å². The number of aromatic nitrogens is 2. The third-order valence-electron chi connectivity index (χ3n) is 4.79. The first kappa shape index (κ1) is 12.5. The molecule has 2 saturated carbocycles. The highest BCUT2D eigenvalue weighted by Gasteiger charge is 2.40. The van der Waals surface area contributed by atoms with Crippen LogP contribution in [0.3, 0.4) is 0 Å². The second-order valence-electron chi connectivity index (χ2n) is 6.02. The number of nitrogens with zero attached hydrogens (tertiary/aromatic N) is 2. The zero-order valence-electron chi connectivity index (χ0n) is 11.0. The van der Waals surface area contributed by atoms with Crippen molar-refractivity contribution in [2.75, 3.05) is 0 Å². The van der Waals surface area contributed by atoms with Gasteiger partial charge in [0.15, 0.2) is 0 Å². The fourth-order valence-electron chi connectivity index (χ4n) is 3.94. The summed E-state index contributed by atoms with van der Waals surface area (Å²) >= 11 is 1.39. The van der Waals surface area contributed by atoms with Gasteiger partial charge < -0.3 is 5.11 Å². The van der Waals surface area contributed by atoms with E-state index < -0.39 is 0 Å². The summed E-state index contributed by atoms with van der Waals surface area (Å²) in [6.45, 7) is 2.14. The van der Waals surface area contributed by atoms with Crippen molar-refractivity contribution in [2.24, 2.45) is 17.8 Å². The van der Waals surface area contributed by atoms with Gasteiger partial charge in [-0.15, -0.1) is 5.10 Å². The molecule has 3 rings (SSSR count). The van der Waals surface area contributed by atoms with Crippen molar-refractivity contribution in [3.8, 4) is 0 Å². The maximum absolute atomic E-state index is 10.4. The lowest BCUT2D eigenvalue weighted by Gasteiger charge is -2.23. The fraction of sp³-hybridized carbons (Fsp3) is 0.857. The molecule has 4 atom stereocenters. The Hall–Kier alpha value is -0.480. The summed E-state index contributed by atoms with van der Waals surface area (Å²) in [6.07, 6.45) is 8.21. The van der Waals surface area contributed by atoms with Crippen LogP contribution in [0.1, 0.15) is 62.1 Å². The van der Waals surface area contributed by atoms with Gasteiger partial charge in [0.05, 0.1) is 16.7 Å². The molecule has 2 fully saturated rings. The van der Waals surface area contributed by atoms with Gasteiger partial charge in [-0.1, -0.05) is 24.3 Å². The molecule has 0 aromatic carbocycles. The molecule has 2 aliphatic rings. The molecule has 0 amide bonds. The Morgan fingerprint density at radius 3 is 2.94 bits per heavy atom. The van der Waals surface area contributed by atoms with Crippen LogP contribution in [0.15, 0.2) is 0 Å². The average molecular weight is 266 g/mol. The second kappa shape index (κ2) is 5.25. The first-order chi connectivity index (χ1) is 8.78. The van der Waals surface area contributed by atoms with Gasteiger partial charge in [-0.25, -0.2) is 0 Å². The van der Waals surface area contributed by atoms with Crippen LogP contribution in [0.4, 0.5) is 0 Å². The van der Waals surface area contributed by atoms with E-state index in [1.165, 1.54) is 37.2 Å². The Bertz CT molecular complexity index is 406. The first-order valence-corrected chi connectivity index (χ1v) is 8.04. The molecule has 2 aliphatic carbocycles. The van der Waals surface area contributed by atoms with E-state index in [2.05, 4.69) is 16.5 Å². The largest absolute Gasteiger partial charge is 0.387 e. The molecular formula is C14H22N2OS. The van der Waals surface area contributed by atoms with E-state index in [1.807, 2.05) is 0 Å². The van der Waals surface area contributed by atoms with E-state index in [0.717, 1.165) is 47.6 Å². The Kier molecular flexibility index (Phi) is 3.66. The third kappa shape index (κ3) is 2.32. The van der Waals surface area contributed by atoms with Crippen LogP contribution in [-0.4, -0.2) is 14.7 Å². The van der Waals surface area contributed by atoms with Crippen LogP contribution >= 0.6 is 11.5 Å². The Morgan fingerprint density at radius 1 is 1.39 bits per heavy atom. The third-order valence-corrected chi connectivity index (χ3v) is 5.65. The van der Waals surface area contributed by atoms with E-state index in [-0.39, 0.29) is 6.10 Å². The molecule has 4 heteroatoms. The standard InChI is InChI=1S/C14H22N2OS/c1-2-3-12-14(18-16-15-12)13(17)8-11-7-9-4-5-10(11)6-9/h9-11,13,17H,2-8H2,1H3. The van der Waals surface area contributed by atoms with Gasteiger partial charge in [-0.2, -0.15) is 0 Å². The lowest BCUT2D eigenvalue weighted by Crippen LogP contribution is -2.14. The highest BCUT2D eigenvalue weighted by molar-refractivity contribution is 7.05. The van der Waals surface area contributed by atoms with Crippen LogP contribution in [0.5, 0.6) is 0 Å². The van der Waals surface area contributed by atoms with Crippen LogP contribution in [0.25, 0.3) is 0 Å². The van der Waals surface area contributed by atoms with Gasteiger partial charge in [0.2, 0.25) is 0 Å². The lowest BCUT2D eigenvalue weighted by atomic mass is 9.84. The smallest absolute Gasteiger partial charge is 0.0919 e. The van der Waals surface area contributed by atoms with E-state index in [0.29, 0.717) is 0 Å². The summed E-state index contributed by atoms with van der Waals surface area (Å²) < 4.78 is 4.02. The predicted molar refractivity (Wildman–Crippen MR) is 72.4 cm³/mol. The zero-order chi connectivity index (χ0) is 12.5. The maximum Gasteiger partial charge on any atom is 0.0919 e. The van der Waals surface area contributed by atoms with Gasteiger partial charge in [-0.05, 0) is 61.4 Å². The molecular weight excluding hydrogens is 244 g/mol. The van der Waals surface area contributed by atoms with Crippen LogP contribution in [0, 0.1) is 17.8 Å². The normalized spacial score (nSPS) is 32.0. The summed E-state index contributed by atoms with van der Waals surface area (Å²) in [7, 11) is 0. The monoisotopic (exact) mass is 266 g/mol. The van der Waals surface area contributed by atoms with E-state index in [4.69, 9.17) is 0 Å². The summed E-state index contributed by atoms with van der Waals surface area (Å²) in [4.78, 5) is 1.03. The molecule has 1 N–H and O–H groups in total. The van der Waals surface area contributed by atoms with Crippen molar-refractivity contribution in [2.45, 2.75) is 58.0 Å². The van der Waals surface area contributed by atoms with E-state index >= 15 is 0 Å². The van der Waals surface area contributed by atoms with Crippen LogP contribution in [0.2, 0.25) is 0 Å². The number of hydrogen-bond donors (Lipinski definition) is 1. The molecule has 1 heterocycles. The minimum absolute atomic E-state index is 0.323. The summed E-state index contributed by atoms with van der Waals surface area (Å²) in [5.74, 6) is 2.59. The Balaban J connectivity index is 1.63. The molecule has 18 heavy (non-hydrogen) atoms. The molecule has 0 spiro atoms. The lowest BCUT2D eigenvalue weighted by molar-refractivity contribution is 0.127. The summed E-state index contributed by atoms with van der Waals surface area (Å²) in [5.41, 5.74) is 1.03. The summed E-state index contributed by atoms with van der Waals surface area (Å²) in [6, 6.07) is 0. The minimum atomic E-state index is -0.323. The second-order valence-corrected chi connectivity index (χ2v) is 6.81. The quantitative estimate of drug-likeness (QED) is 0.889. The van der Waals surface area contributed by atoms with Crippen molar-refractivity contribution in [1.82, 2.24) is 9.59 Å². The van der Waals surface area contributed by atoms with Gasteiger partial charge in [0.1, 0.15) is 0 Å². The van der Waals surface area contributed by atoms with Crippen molar-refractivity contribution in [1.29, 1.82) is 0 Å². The van der Waals surface area contributed by atoms with Crippen LogP contribution < -0.4 is 0 Å². The van der Waals surface area contributed by atoms with Gasteiger partial charge in [0.25, 0.3) is 0 Å². The van der Waals surface area contributed by atoms with Crippen molar-refractivity contribution < 1.29 is 5.11 Å². The predicted octanol–water partition coefficient (Wildman–Crippen LogP) is 3.35. The van der Waals surface area contributed by atoms with Gasteiger partial charge in [-0.3, -0.25) is 0 Å². The number of fused-ring (bicyclic) bond motifs is 2. The molecule has 0 aliphatic heterocycles. The molecule has 0 saturated heterocycles. The zero-order valence-corrected chi connectivity index (χ0v) is 11.8. The van der Waals surface area contributed by atoms with Gasteiger partial charge >= 0.3 is 0 Å². The van der Waals surface area contributed by atoms with E-state index in [1.54, 1.807) is 0 Å².